The molecule has 2 aliphatic rings. The van der Waals surface area contributed by atoms with Crippen molar-refractivity contribution >= 4 is 10.8 Å². The van der Waals surface area contributed by atoms with Gasteiger partial charge < -0.3 is 9.67 Å². The van der Waals surface area contributed by atoms with Gasteiger partial charge in [-0.15, -0.1) is 0 Å². The molecule has 0 atom stereocenters. The summed E-state index contributed by atoms with van der Waals surface area (Å²) in [6, 6.07) is 11.5. The lowest BCUT2D eigenvalue weighted by atomic mass is 9.89. The second kappa shape index (κ2) is 8.07. The van der Waals surface area contributed by atoms with Crippen LogP contribution in [0.1, 0.15) is 42.4 Å². The summed E-state index contributed by atoms with van der Waals surface area (Å²) in [7, 11) is 0. The number of aromatic hydroxyl groups is 1. The highest BCUT2D eigenvalue weighted by molar-refractivity contribution is 5.91. The molecule has 4 heteroatoms. The van der Waals surface area contributed by atoms with E-state index in [2.05, 4.69) is 30.2 Å². The number of piperidine rings is 1. The summed E-state index contributed by atoms with van der Waals surface area (Å²) >= 11 is 0. The van der Waals surface area contributed by atoms with Gasteiger partial charge in [0.25, 0.3) is 0 Å². The molecule has 1 aliphatic heterocycles. The average Bonchev–Trinajstić information content (AvgIpc) is 3.48. The lowest BCUT2D eigenvalue weighted by Crippen LogP contribution is -2.33. The molecule has 0 bridgehead atoms. The minimum atomic E-state index is -0.166. The highest BCUT2D eigenvalue weighted by Gasteiger charge is 2.24. The van der Waals surface area contributed by atoms with Gasteiger partial charge in [0.15, 0.2) is 5.88 Å². The van der Waals surface area contributed by atoms with Crippen LogP contribution in [0.15, 0.2) is 42.6 Å². The Morgan fingerprint density at radius 2 is 1.70 bits per heavy atom. The molecule has 3 nitrogen and oxygen atoms in total. The second-order valence-corrected chi connectivity index (χ2v) is 9.48. The summed E-state index contributed by atoms with van der Waals surface area (Å²) in [5, 5.41) is 12.9. The Bertz CT molecular complexity index is 1030. The fraction of sp³-hybridized carbons (Fsp3) is 0.462. The van der Waals surface area contributed by atoms with E-state index >= 15 is 0 Å². The standard InChI is InChI=1S/C26H31FN2O/c1-18-12-22(14-23-17-29(16-21-2-3-21)26(30)25(18)23)13-19-8-10-28(11-9-19)15-20-4-6-24(27)7-5-20/h4-7,12,14,17,19,21,30H,2-3,8-11,13,15-16H2,1H3. The molecule has 0 spiro atoms. The number of aryl methyl sites for hydroxylation is 1. The van der Waals surface area contributed by atoms with Crippen LogP contribution in [0, 0.1) is 24.6 Å². The molecule has 1 aliphatic carbocycles. The number of likely N-dealkylation sites (tertiary alicyclic amines) is 1. The van der Waals surface area contributed by atoms with Crippen LogP contribution in [0.4, 0.5) is 4.39 Å². The van der Waals surface area contributed by atoms with E-state index in [1.165, 1.54) is 47.8 Å². The molecule has 0 unspecified atom stereocenters. The molecule has 3 aromatic rings. The maximum absolute atomic E-state index is 13.1. The van der Waals surface area contributed by atoms with E-state index in [9.17, 15) is 9.50 Å². The van der Waals surface area contributed by atoms with Crippen LogP contribution in [0.2, 0.25) is 0 Å². The predicted octanol–water partition coefficient (Wildman–Crippen LogP) is 5.66. The van der Waals surface area contributed by atoms with E-state index in [1.54, 1.807) is 12.1 Å². The van der Waals surface area contributed by atoms with Crippen LogP contribution in [0.5, 0.6) is 5.88 Å². The zero-order chi connectivity index (χ0) is 20.7. The Balaban J connectivity index is 1.22. The Kier molecular flexibility index (Phi) is 5.28. The van der Waals surface area contributed by atoms with Crippen LogP contribution in [-0.2, 0) is 19.5 Å². The molecule has 5 rings (SSSR count). The number of hydrogen-bond acceptors (Lipinski definition) is 2. The molecular weight excluding hydrogens is 375 g/mol. The SMILES string of the molecule is Cc1cc(CC2CCN(Cc3ccc(F)cc3)CC2)cc2cn(CC3CC3)c(O)c12. The fourth-order valence-electron chi connectivity index (χ4n) is 5.04. The molecule has 30 heavy (non-hydrogen) atoms. The smallest absolute Gasteiger partial charge is 0.199 e. The van der Waals surface area contributed by atoms with E-state index in [1.807, 2.05) is 16.7 Å². The van der Waals surface area contributed by atoms with E-state index in [-0.39, 0.29) is 5.82 Å². The van der Waals surface area contributed by atoms with Crippen molar-refractivity contribution in [1.82, 2.24) is 9.47 Å². The van der Waals surface area contributed by atoms with Crippen LogP contribution >= 0.6 is 0 Å². The monoisotopic (exact) mass is 406 g/mol. The van der Waals surface area contributed by atoms with Gasteiger partial charge in [-0.2, -0.15) is 0 Å². The first-order chi connectivity index (χ1) is 14.5. The predicted molar refractivity (Wildman–Crippen MR) is 119 cm³/mol. The molecule has 1 N–H and O–H groups in total. The summed E-state index contributed by atoms with van der Waals surface area (Å²) < 4.78 is 15.2. The summed E-state index contributed by atoms with van der Waals surface area (Å²) in [5.74, 6) is 1.72. The zero-order valence-corrected chi connectivity index (χ0v) is 17.8. The van der Waals surface area contributed by atoms with Gasteiger partial charge in [-0.3, -0.25) is 4.90 Å². The largest absolute Gasteiger partial charge is 0.494 e. The maximum Gasteiger partial charge on any atom is 0.199 e. The van der Waals surface area contributed by atoms with Gasteiger partial charge in [-0.1, -0.05) is 18.2 Å². The van der Waals surface area contributed by atoms with Crippen molar-refractivity contribution < 1.29 is 9.50 Å². The zero-order valence-electron chi connectivity index (χ0n) is 17.8. The summed E-state index contributed by atoms with van der Waals surface area (Å²) in [5.41, 5.74) is 3.76. The van der Waals surface area contributed by atoms with Crippen molar-refractivity contribution in [3.8, 4) is 5.88 Å². The maximum atomic E-state index is 13.1. The molecule has 2 aromatic carbocycles. The Morgan fingerprint density at radius 3 is 2.40 bits per heavy atom. The number of halogens is 1. The van der Waals surface area contributed by atoms with Crippen molar-refractivity contribution in [2.75, 3.05) is 13.1 Å². The third kappa shape index (κ3) is 4.24. The minimum absolute atomic E-state index is 0.166. The highest BCUT2D eigenvalue weighted by atomic mass is 19.1. The molecule has 2 heterocycles. The van der Waals surface area contributed by atoms with Crippen molar-refractivity contribution in [2.24, 2.45) is 11.8 Å². The van der Waals surface area contributed by atoms with Crippen molar-refractivity contribution in [3.63, 3.8) is 0 Å². The molecule has 1 aromatic heterocycles. The highest BCUT2D eigenvalue weighted by Crippen LogP contribution is 2.37. The van der Waals surface area contributed by atoms with Crippen LogP contribution in [-0.4, -0.2) is 27.7 Å². The van der Waals surface area contributed by atoms with Gasteiger partial charge in [-0.05, 0) is 98.8 Å². The normalized spacial score (nSPS) is 18.3. The van der Waals surface area contributed by atoms with Gasteiger partial charge in [0.2, 0.25) is 0 Å². The molecule has 0 amide bonds. The topological polar surface area (TPSA) is 28.4 Å². The summed E-state index contributed by atoms with van der Waals surface area (Å²) in [6.07, 6.45) is 8.23. The molecule has 0 radical (unpaired) electrons. The van der Waals surface area contributed by atoms with E-state index in [0.29, 0.717) is 11.8 Å². The van der Waals surface area contributed by atoms with Gasteiger partial charge in [0, 0.05) is 30.1 Å². The second-order valence-electron chi connectivity index (χ2n) is 9.48. The number of hydrogen-bond donors (Lipinski definition) is 1. The molecule has 2 fully saturated rings. The first-order valence-corrected chi connectivity index (χ1v) is 11.3. The van der Waals surface area contributed by atoms with Crippen molar-refractivity contribution in [1.29, 1.82) is 0 Å². The van der Waals surface area contributed by atoms with E-state index in [0.717, 1.165) is 43.9 Å². The summed E-state index contributed by atoms with van der Waals surface area (Å²) in [4.78, 5) is 2.48. The van der Waals surface area contributed by atoms with Crippen molar-refractivity contribution in [3.05, 3.63) is 65.1 Å². The number of aromatic nitrogens is 1. The molecule has 1 saturated carbocycles. The molecule has 158 valence electrons. The van der Waals surface area contributed by atoms with Gasteiger partial charge >= 0.3 is 0 Å². The number of fused-ring (bicyclic) bond motifs is 1. The average molecular weight is 407 g/mol. The first-order valence-electron chi connectivity index (χ1n) is 11.3. The lowest BCUT2D eigenvalue weighted by Gasteiger charge is -2.32. The van der Waals surface area contributed by atoms with Crippen molar-refractivity contribution in [2.45, 2.75) is 52.1 Å². The quantitative estimate of drug-likeness (QED) is 0.572. The number of benzene rings is 2. The first kappa shape index (κ1) is 19.6. The third-order valence-electron chi connectivity index (χ3n) is 6.92. The third-order valence-corrected chi connectivity index (χ3v) is 6.92. The minimum Gasteiger partial charge on any atom is -0.494 e. The van der Waals surface area contributed by atoms with Gasteiger partial charge in [-0.25, -0.2) is 4.39 Å². The Morgan fingerprint density at radius 1 is 0.967 bits per heavy atom. The lowest BCUT2D eigenvalue weighted by molar-refractivity contribution is 0.177. The summed E-state index contributed by atoms with van der Waals surface area (Å²) in [6.45, 7) is 6.18. The molecule has 1 saturated heterocycles. The van der Waals surface area contributed by atoms with E-state index in [4.69, 9.17) is 0 Å². The molecular formula is C26H31FN2O. The Labute approximate surface area is 178 Å². The van der Waals surface area contributed by atoms with Gasteiger partial charge in [0.05, 0.1) is 0 Å². The van der Waals surface area contributed by atoms with Crippen LogP contribution < -0.4 is 0 Å². The van der Waals surface area contributed by atoms with Crippen LogP contribution in [0.3, 0.4) is 0 Å². The van der Waals surface area contributed by atoms with Crippen LogP contribution in [0.25, 0.3) is 10.8 Å². The van der Waals surface area contributed by atoms with E-state index < -0.39 is 0 Å². The van der Waals surface area contributed by atoms with Gasteiger partial charge in [0.1, 0.15) is 5.82 Å². The Hall–Kier alpha value is -2.33. The fourth-order valence-corrected chi connectivity index (χ4v) is 5.04. The number of nitrogens with zero attached hydrogens (tertiary/aromatic N) is 2. The number of rotatable bonds is 6.